The van der Waals surface area contributed by atoms with Gasteiger partial charge in [0.15, 0.2) is 11.6 Å². The summed E-state index contributed by atoms with van der Waals surface area (Å²) in [6.45, 7) is 0.573. The summed E-state index contributed by atoms with van der Waals surface area (Å²) in [5.41, 5.74) is 5.30. The molecule has 0 radical (unpaired) electrons. The molecule has 2 amide bonds. The van der Waals surface area contributed by atoms with Crippen molar-refractivity contribution in [1.29, 1.82) is 0 Å². The number of hydrogen-bond donors (Lipinski definition) is 2. The summed E-state index contributed by atoms with van der Waals surface area (Å²) in [4.78, 5) is 15.7. The molecule has 1 aromatic heterocycles. The molecule has 0 bridgehead atoms. The van der Waals surface area contributed by atoms with Crippen molar-refractivity contribution in [3.05, 3.63) is 42.6 Å². The van der Waals surface area contributed by atoms with Gasteiger partial charge in [-0.15, -0.1) is 0 Å². The Hall–Kier alpha value is -2.41. The number of carbonyl (C=O) groups excluding carboxylic acids is 1. The second-order valence-corrected chi connectivity index (χ2v) is 6.42. The Morgan fingerprint density at radius 3 is 2.64 bits per heavy atom. The van der Waals surface area contributed by atoms with Crippen LogP contribution in [0.2, 0.25) is 0 Å². The molecule has 1 heterocycles. The maximum Gasteiger partial charge on any atom is 0.330 e. The van der Waals surface area contributed by atoms with Crippen molar-refractivity contribution in [2.75, 3.05) is 10.9 Å². The molecule has 0 atom stereocenters. The Bertz CT molecular complexity index is 721. The molecule has 2 aromatic rings. The van der Waals surface area contributed by atoms with Gasteiger partial charge in [0, 0.05) is 6.07 Å². The molecule has 1 aromatic carbocycles. The maximum absolute atomic E-state index is 11.4. The number of hydrogen-bond acceptors (Lipinski definition) is 5. The summed E-state index contributed by atoms with van der Waals surface area (Å²) < 4.78 is 12.7. The molecule has 2 N–H and O–H groups in total. The van der Waals surface area contributed by atoms with Gasteiger partial charge in [-0.25, -0.2) is 14.1 Å². The van der Waals surface area contributed by atoms with Crippen LogP contribution in [0.4, 0.5) is 10.6 Å². The lowest BCUT2D eigenvalue weighted by Gasteiger charge is -2.19. The van der Waals surface area contributed by atoms with Gasteiger partial charge < -0.3 is 15.2 Å². The number of nitrogens with two attached hydrogens (primary N) is 1. The fourth-order valence-electron chi connectivity index (χ4n) is 2.85. The Morgan fingerprint density at radius 2 is 1.96 bits per heavy atom. The van der Waals surface area contributed by atoms with Crippen molar-refractivity contribution in [1.82, 2.24) is 4.98 Å². The van der Waals surface area contributed by atoms with E-state index in [-0.39, 0.29) is 5.82 Å². The van der Waals surface area contributed by atoms with E-state index in [1.54, 1.807) is 6.07 Å². The summed E-state index contributed by atoms with van der Waals surface area (Å²) in [7, 11) is 0. The topological polar surface area (TPSA) is 77.7 Å². The lowest BCUT2D eigenvalue weighted by atomic mass is 10.1. The minimum atomic E-state index is -0.724. The zero-order valence-electron chi connectivity index (χ0n) is 13.8. The minimum absolute atomic E-state index is 0.259. The summed E-state index contributed by atoms with van der Waals surface area (Å²) in [5, 5.41) is 0. The van der Waals surface area contributed by atoms with Crippen LogP contribution < -0.4 is 19.5 Å². The van der Waals surface area contributed by atoms with E-state index in [1.165, 1.54) is 19.0 Å². The number of thiol groups is 1. The van der Waals surface area contributed by atoms with Gasteiger partial charge >= 0.3 is 6.03 Å². The number of pyridine rings is 1. The molecule has 0 spiro atoms. The summed E-state index contributed by atoms with van der Waals surface area (Å²) >= 11 is 4.10. The van der Waals surface area contributed by atoms with Gasteiger partial charge in [0.2, 0.25) is 0 Å². The van der Waals surface area contributed by atoms with Crippen LogP contribution in [-0.4, -0.2) is 17.6 Å². The first-order chi connectivity index (χ1) is 12.1. The zero-order valence-corrected chi connectivity index (χ0v) is 14.7. The number of primary amides is 1. The monoisotopic (exact) mass is 359 g/mol. The molecule has 7 heteroatoms. The molecular weight excluding hydrogens is 338 g/mol. The highest BCUT2D eigenvalue weighted by molar-refractivity contribution is 7.82. The van der Waals surface area contributed by atoms with Gasteiger partial charge in [-0.05, 0) is 30.9 Å². The van der Waals surface area contributed by atoms with Gasteiger partial charge in [0.25, 0.3) is 0 Å². The molecule has 1 aliphatic rings. The van der Waals surface area contributed by atoms with Gasteiger partial charge in [-0.1, -0.05) is 43.9 Å². The zero-order chi connectivity index (χ0) is 17.6. The molecule has 132 valence electrons. The fourth-order valence-corrected chi connectivity index (χ4v) is 3.00. The highest BCUT2D eigenvalue weighted by atomic mass is 32.1. The van der Waals surface area contributed by atoms with Crippen LogP contribution in [0.3, 0.4) is 0 Å². The average Bonchev–Trinajstić information content (AvgIpc) is 3.14. The molecule has 0 unspecified atom stereocenters. The van der Waals surface area contributed by atoms with Crippen molar-refractivity contribution in [2.24, 2.45) is 11.7 Å². The van der Waals surface area contributed by atoms with E-state index in [4.69, 9.17) is 15.2 Å². The van der Waals surface area contributed by atoms with Crippen LogP contribution >= 0.6 is 12.8 Å². The van der Waals surface area contributed by atoms with Crippen molar-refractivity contribution in [3.8, 4) is 17.2 Å². The molecular formula is C18H21N3O3S. The number of amides is 2. The molecule has 1 fully saturated rings. The second-order valence-electron chi connectivity index (χ2n) is 6.02. The molecule has 0 aliphatic heterocycles. The smallest absolute Gasteiger partial charge is 0.330 e. The number of rotatable bonds is 6. The third kappa shape index (κ3) is 4.57. The maximum atomic E-state index is 11.4. The van der Waals surface area contributed by atoms with Crippen LogP contribution in [-0.2, 0) is 0 Å². The Morgan fingerprint density at radius 1 is 1.24 bits per heavy atom. The van der Waals surface area contributed by atoms with Crippen LogP contribution in [0.1, 0.15) is 25.7 Å². The lowest BCUT2D eigenvalue weighted by molar-refractivity contribution is 0.249. The van der Waals surface area contributed by atoms with E-state index in [0.717, 1.165) is 17.1 Å². The van der Waals surface area contributed by atoms with Crippen molar-refractivity contribution < 1.29 is 14.3 Å². The van der Waals surface area contributed by atoms with Crippen LogP contribution in [0.5, 0.6) is 17.2 Å². The Labute approximate surface area is 152 Å². The largest absolute Gasteiger partial charge is 0.489 e. The van der Waals surface area contributed by atoms with Gasteiger partial charge in [-0.2, -0.15) is 0 Å². The van der Waals surface area contributed by atoms with E-state index >= 15 is 0 Å². The van der Waals surface area contributed by atoms with Gasteiger partial charge in [0.05, 0.1) is 12.8 Å². The van der Waals surface area contributed by atoms with E-state index in [2.05, 4.69) is 17.8 Å². The van der Waals surface area contributed by atoms with Crippen LogP contribution in [0, 0.1) is 5.92 Å². The lowest BCUT2D eigenvalue weighted by Crippen LogP contribution is -2.28. The number of para-hydroxylation sites is 1. The van der Waals surface area contributed by atoms with Crippen molar-refractivity contribution in [2.45, 2.75) is 25.7 Å². The number of anilines is 1. The Kier molecular flexibility index (Phi) is 5.65. The Balaban J connectivity index is 1.81. The molecule has 6 nitrogen and oxygen atoms in total. The number of carbonyl (C=O) groups is 1. The first kappa shape index (κ1) is 17.4. The molecule has 1 aliphatic carbocycles. The molecule has 3 rings (SSSR count). The highest BCUT2D eigenvalue weighted by Crippen LogP contribution is 2.34. The third-order valence-corrected chi connectivity index (χ3v) is 4.53. The third-order valence-electron chi connectivity index (χ3n) is 4.15. The van der Waals surface area contributed by atoms with Crippen molar-refractivity contribution >= 4 is 24.7 Å². The molecule has 25 heavy (non-hydrogen) atoms. The van der Waals surface area contributed by atoms with E-state index in [1.807, 2.05) is 30.3 Å². The number of ether oxygens (including phenoxy) is 2. The summed E-state index contributed by atoms with van der Waals surface area (Å²) in [6, 6.07) is 10.4. The predicted octanol–water partition coefficient (Wildman–Crippen LogP) is 4.17. The van der Waals surface area contributed by atoms with Crippen molar-refractivity contribution in [3.63, 3.8) is 0 Å². The number of benzene rings is 1. The average molecular weight is 359 g/mol. The predicted molar refractivity (Wildman–Crippen MR) is 99.3 cm³/mol. The van der Waals surface area contributed by atoms with E-state index in [0.29, 0.717) is 29.8 Å². The highest BCUT2D eigenvalue weighted by Gasteiger charge is 2.20. The summed E-state index contributed by atoms with van der Waals surface area (Å²) in [5.74, 6) is 2.41. The first-order valence-electron chi connectivity index (χ1n) is 8.27. The van der Waals surface area contributed by atoms with E-state index < -0.39 is 6.03 Å². The fraction of sp³-hybridized carbons (Fsp3) is 0.333. The normalized spacial score (nSPS) is 14.3. The van der Waals surface area contributed by atoms with Gasteiger partial charge in [-0.3, -0.25) is 0 Å². The molecule has 1 saturated carbocycles. The second kappa shape index (κ2) is 8.11. The van der Waals surface area contributed by atoms with Crippen LogP contribution in [0.15, 0.2) is 42.6 Å². The minimum Gasteiger partial charge on any atom is -0.489 e. The SMILES string of the molecule is NC(=O)N(S)c1ncc(Oc2ccccc2)cc1OCC1CCCC1. The quantitative estimate of drug-likeness (QED) is 0.759. The van der Waals surface area contributed by atoms with Gasteiger partial charge in [0.1, 0.15) is 11.5 Å². The molecule has 0 saturated heterocycles. The number of aromatic nitrogens is 1. The number of urea groups is 1. The van der Waals surface area contributed by atoms with E-state index in [9.17, 15) is 4.79 Å². The number of nitrogens with zero attached hydrogens (tertiary/aromatic N) is 2. The van der Waals surface area contributed by atoms with Crippen LogP contribution in [0.25, 0.3) is 0 Å². The first-order valence-corrected chi connectivity index (χ1v) is 8.67. The standard InChI is InChI=1S/C18H21N3O3S/c19-18(22)21(25)17-16(23-12-13-6-4-5-7-13)10-15(11-20-17)24-14-8-2-1-3-9-14/h1-3,8-11,13,25H,4-7,12H2,(H2,19,22). The summed E-state index contributed by atoms with van der Waals surface area (Å²) in [6.07, 6.45) is 6.29.